The van der Waals surface area contributed by atoms with Crippen molar-refractivity contribution in [3.63, 3.8) is 0 Å². The molecule has 0 saturated carbocycles. The van der Waals surface area contributed by atoms with Crippen LogP contribution < -0.4 is 4.90 Å². The number of carbonyl (C=O) groups is 2. The lowest BCUT2D eigenvalue weighted by atomic mass is 10.1. The third-order valence-corrected chi connectivity index (χ3v) is 5.20. The highest BCUT2D eigenvalue weighted by molar-refractivity contribution is 7.15. The molecular formula is C15H7Cl2N3O3S. The first-order chi connectivity index (χ1) is 11.5. The largest absolute Gasteiger partial charge is 0.402 e. The number of hydrogen-bond acceptors (Lipinski definition) is 6. The standard InChI is InChI=1S/C15H7Cl2N3O3S/c1-6-2-3-11(24-6)12-18-19-15(23-12)20-13(21)7-4-9(16)10(17)5-8(7)14(20)22/h2-5H,1H3. The first-order valence-corrected chi connectivity index (χ1v) is 8.31. The van der Waals surface area contributed by atoms with E-state index >= 15 is 0 Å². The Bertz CT molecular complexity index is 970. The van der Waals surface area contributed by atoms with Crippen LogP contribution in [0.1, 0.15) is 25.6 Å². The molecule has 1 aromatic carbocycles. The van der Waals surface area contributed by atoms with E-state index in [1.165, 1.54) is 23.5 Å². The van der Waals surface area contributed by atoms with Gasteiger partial charge in [-0.3, -0.25) is 9.59 Å². The van der Waals surface area contributed by atoms with E-state index in [9.17, 15) is 9.59 Å². The number of hydrogen-bond donors (Lipinski definition) is 0. The Hall–Kier alpha value is -2.22. The predicted molar refractivity (Wildman–Crippen MR) is 90.0 cm³/mol. The molecule has 24 heavy (non-hydrogen) atoms. The number of imide groups is 1. The molecular weight excluding hydrogens is 373 g/mol. The smallest absolute Gasteiger partial charge is 0.333 e. The number of thiophene rings is 1. The number of anilines is 1. The number of fused-ring (bicyclic) bond motifs is 1. The van der Waals surface area contributed by atoms with E-state index in [4.69, 9.17) is 27.6 Å². The van der Waals surface area contributed by atoms with Crippen LogP contribution in [0.2, 0.25) is 10.0 Å². The molecule has 3 heterocycles. The zero-order valence-electron chi connectivity index (χ0n) is 12.0. The van der Waals surface area contributed by atoms with Crippen molar-refractivity contribution in [2.24, 2.45) is 0 Å². The monoisotopic (exact) mass is 379 g/mol. The number of halogens is 2. The van der Waals surface area contributed by atoms with E-state index < -0.39 is 11.8 Å². The van der Waals surface area contributed by atoms with Gasteiger partial charge in [0.25, 0.3) is 17.7 Å². The highest BCUT2D eigenvalue weighted by Gasteiger charge is 2.40. The Balaban J connectivity index is 1.75. The van der Waals surface area contributed by atoms with Crippen molar-refractivity contribution in [2.45, 2.75) is 6.92 Å². The average Bonchev–Trinajstić information content (AvgIpc) is 3.22. The molecule has 2 aromatic heterocycles. The van der Waals surface area contributed by atoms with Crippen molar-refractivity contribution >= 4 is 52.4 Å². The molecule has 0 N–H and O–H groups in total. The van der Waals surface area contributed by atoms with Gasteiger partial charge in [-0.1, -0.05) is 28.3 Å². The van der Waals surface area contributed by atoms with Crippen molar-refractivity contribution in [3.8, 4) is 10.8 Å². The van der Waals surface area contributed by atoms with Crippen LogP contribution in [0.5, 0.6) is 0 Å². The highest BCUT2D eigenvalue weighted by Crippen LogP contribution is 2.35. The molecule has 3 aromatic rings. The number of benzene rings is 1. The van der Waals surface area contributed by atoms with Gasteiger partial charge in [-0.15, -0.1) is 16.4 Å². The van der Waals surface area contributed by atoms with Crippen LogP contribution in [-0.2, 0) is 0 Å². The molecule has 0 fully saturated rings. The van der Waals surface area contributed by atoms with E-state index in [0.717, 1.165) is 14.7 Å². The molecule has 0 saturated heterocycles. The predicted octanol–water partition coefficient (Wildman–Crippen LogP) is 4.21. The second-order valence-corrected chi connectivity index (χ2v) is 7.16. The normalized spacial score (nSPS) is 13.7. The second kappa shape index (κ2) is 5.41. The molecule has 1 aliphatic heterocycles. The molecule has 0 spiro atoms. The average molecular weight is 380 g/mol. The fourth-order valence-corrected chi connectivity index (χ4v) is 3.48. The van der Waals surface area contributed by atoms with Gasteiger partial charge < -0.3 is 4.42 Å². The van der Waals surface area contributed by atoms with Crippen molar-refractivity contribution < 1.29 is 14.0 Å². The minimum atomic E-state index is -0.578. The zero-order valence-corrected chi connectivity index (χ0v) is 14.4. The summed E-state index contributed by atoms with van der Waals surface area (Å²) in [5, 5.41) is 8.11. The molecule has 0 bridgehead atoms. The maximum Gasteiger partial charge on any atom is 0.333 e. The lowest BCUT2D eigenvalue weighted by molar-refractivity contribution is 0.0919. The maximum atomic E-state index is 12.5. The van der Waals surface area contributed by atoms with Gasteiger partial charge in [0.1, 0.15) is 0 Å². The van der Waals surface area contributed by atoms with Crippen LogP contribution in [0.3, 0.4) is 0 Å². The molecule has 1 aliphatic rings. The second-order valence-electron chi connectivity index (χ2n) is 5.06. The summed E-state index contributed by atoms with van der Waals surface area (Å²) in [7, 11) is 0. The minimum absolute atomic E-state index is 0.154. The molecule has 0 aliphatic carbocycles. The molecule has 120 valence electrons. The summed E-state index contributed by atoms with van der Waals surface area (Å²) < 4.78 is 5.51. The van der Waals surface area contributed by atoms with E-state index in [1.54, 1.807) is 0 Å². The van der Waals surface area contributed by atoms with Gasteiger partial charge in [-0.2, -0.15) is 4.90 Å². The van der Waals surface area contributed by atoms with E-state index in [2.05, 4.69) is 10.2 Å². The third kappa shape index (κ3) is 2.24. The summed E-state index contributed by atoms with van der Waals surface area (Å²) in [6.07, 6.45) is 0. The van der Waals surface area contributed by atoms with Crippen LogP contribution in [0.25, 0.3) is 10.8 Å². The Labute approximate surface area is 149 Å². The van der Waals surface area contributed by atoms with Crippen LogP contribution in [0, 0.1) is 6.92 Å². The van der Waals surface area contributed by atoms with E-state index in [-0.39, 0.29) is 33.1 Å². The minimum Gasteiger partial charge on any atom is -0.402 e. The molecule has 0 atom stereocenters. The highest BCUT2D eigenvalue weighted by atomic mass is 35.5. The number of rotatable bonds is 2. The number of aromatic nitrogens is 2. The first-order valence-electron chi connectivity index (χ1n) is 6.74. The van der Waals surface area contributed by atoms with E-state index in [0.29, 0.717) is 0 Å². The van der Waals surface area contributed by atoms with Crippen LogP contribution in [-0.4, -0.2) is 22.0 Å². The lowest BCUT2D eigenvalue weighted by Crippen LogP contribution is -2.29. The first kappa shape index (κ1) is 15.3. The van der Waals surface area contributed by atoms with Crippen LogP contribution in [0.15, 0.2) is 28.7 Å². The molecule has 4 rings (SSSR count). The van der Waals surface area contributed by atoms with Gasteiger partial charge in [0.05, 0.1) is 26.0 Å². The van der Waals surface area contributed by atoms with Gasteiger partial charge in [-0.25, -0.2) is 0 Å². The van der Waals surface area contributed by atoms with Crippen LogP contribution in [0.4, 0.5) is 6.01 Å². The Morgan fingerprint density at radius 2 is 1.67 bits per heavy atom. The topological polar surface area (TPSA) is 76.3 Å². The number of carbonyl (C=O) groups excluding carboxylic acids is 2. The summed E-state index contributed by atoms with van der Waals surface area (Å²) in [6.45, 7) is 1.95. The van der Waals surface area contributed by atoms with Crippen molar-refractivity contribution in [1.82, 2.24) is 10.2 Å². The van der Waals surface area contributed by atoms with Gasteiger partial charge in [-0.05, 0) is 31.2 Å². The Kier molecular flexibility index (Phi) is 3.45. The van der Waals surface area contributed by atoms with Crippen molar-refractivity contribution in [2.75, 3.05) is 4.90 Å². The van der Waals surface area contributed by atoms with Gasteiger partial charge in [0.15, 0.2) is 0 Å². The van der Waals surface area contributed by atoms with Crippen LogP contribution >= 0.6 is 34.5 Å². The summed E-state index contributed by atoms with van der Waals surface area (Å²) >= 11 is 13.3. The fraction of sp³-hybridized carbons (Fsp3) is 0.0667. The van der Waals surface area contributed by atoms with Gasteiger partial charge >= 0.3 is 6.01 Å². The SMILES string of the molecule is Cc1ccc(-c2nnc(N3C(=O)c4cc(Cl)c(Cl)cc4C3=O)o2)s1. The molecule has 2 amide bonds. The summed E-state index contributed by atoms with van der Waals surface area (Å²) in [5.74, 6) is -0.909. The number of nitrogens with zero attached hydrogens (tertiary/aromatic N) is 3. The van der Waals surface area contributed by atoms with Gasteiger partial charge in [0, 0.05) is 4.88 Å². The summed E-state index contributed by atoms with van der Waals surface area (Å²) in [4.78, 5) is 27.7. The fourth-order valence-electron chi connectivity index (χ4n) is 2.36. The van der Waals surface area contributed by atoms with Crippen molar-refractivity contribution in [3.05, 3.63) is 50.3 Å². The number of amides is 2. The molecule has 0 radical (unpaired) electrons. The summed E-state index contributed by atoms with van der Waals surface area (Å²) in [5.41, 5.74) is 0.308. The Morgan fingerprint density at radius 1 is 1.04 bits per heavy atom. The zero-order chi connectivity index (χ0) is 17.0. The van der Waals surface area contributed by atoms with Gasteiger partial charge in [0.2, 0.25) is 0 Å². The Morgan fingerprint density at radius 3 is 2.21 bits per heavy atom. The lowest BCUT2D eigenvalue weighted by Gasteiger charge is -2.06. The molecule has 6 nitrogen and oxygen atoms in total. The number of aryl methyl sites for hydroxylation is 1. The van der Waals surface area contributed by atoms with E-state index in [1.807, 2.05) is 19.1 Å². The summed E-state index contributed by atoms with van der Waals surface area (Å²) in [6, 6.07) is 6.28. The molecule has 9 heteroatoms. The van der Waals surface area contributed by atoms with Crippen molar-refractivity contribution in [1.29, 1.82) is 0 Å². The third-order valence-electron chi connectivity index (χ3n) is 3.48. The molecule has 0 unspecified atom stereocenters. The quantitative estimate of drug-likeness (QED) is 0.623. The maximum absolute atomic E-state index is 12.5.